The number of terminal acetylenes is 2. The molecule has 0 saturated heterocycles. The molecular weight excluding hydrogens is 378 g/mol. The van der Waals surface area contributed by atoms with Gasteiger partial charge in [0.1, 0.15) is 19.3 Å². The molecule has 0 aromatic heterocycles. The van der Waals surface area contributed by atoms with Gasteiger partial charge in [-0.05, 0) is 36.6 Å². The Morgan fingerprint density at radius 2 is 1.73 bits per heavy atom. The van der Waals surface area contributed by atoms with Crippen molar-refractivity contribution in [1.82, 2.24) is 5.32 Å². The Hall–Kier alpha value is -3.41. The lowest BCUT2D eigenvalue weighted by molar-refractivity contribution is -0.131. The molecule has 1 amide bonds. The molecule has 1 atom stereocenters. The maximum Gasteiger partial charge on any atom is 0.249 e. The number of aryl methyl sites for hydroxylation is 1. The molecule has 30 heavy (non-hydrogen) atoms. The Morgan fingerprint density at radius 1 is 1.03 bits per heavy atom. The van der Waals surface area contributed by atoms with E-state index < -0.39 is 6.10 Å². The van der Waals surface area contributed by atoms with Crippen LogP contribution in [0.3, 0.4) is 0 Å². The van der Waals surface area contributed by atoms with Crippen LogP contribution in [0.1, 0.15) is 16.7 Å². The van der Waals surface area contributed by atoms with Crippen molar-refractivity contribution in [2.45, 2.75) is 25.9 Å². The first-order valence-corrected chi connectivity index (χ1v) is 9.69. The number of hydrogen-bond donors (Lipinski definition) is 1. The highest BCUT2D eigenvalue weighted by atomic mass is 16.5. The number of rotatable bonds is 11. The highest BCUT2D eigenvalue weighted by molar-refractivity contribution is 5.81. The van der Waals surface area contributed by atoms with Gasteiger partial charge >= 0.3 is 0 Å². The van der Waals surface area contributed by atoms with Crippen molar-refractivity contribution in [3.05, 3.63) is 59.2 Å². The van der Waals surface area contributed by atoms with E-state index in [1.165, 1.54) is 0 Å². The maximum atomic E-state index is 12.6. The number of amides is 1. The minimum atomic E-state index is -0.641. The predicted molar refractivity (Wildman–Crippen MR) is 117 cm³/mol. The second-order valence-corrected chi connectivity index (χ2v) is 6.71. The van der Waals surface area contributed by atoms with Gasteiger partial charge in [0.2, 0.25) is 5.91 Å². The fraction of sp³-hybridized carbons (Fsp3) is 0.320. The van der Waals surface area contributed by atoms with E-state index in [1.54, 1.807) is 7.11 Å². The summed E-state index contributed by atoms with van der Waals surface area (Å²) in [6, 6.07) is 13.6. The molecule has 0 bridgehead atoms. The largest absolute Gasteiger partial charge is 0.493 e. The second-order valence-electron chi connectivity index (χ2n) is 6.71. The molecule has 0 unspecified atom stereocenters. The normalized spacial score (nSPS) is 11.1. The first kappa shape index (κ1) is 22.9. The quantitative estimate of drug-likeness (QED) is 0.584. The van der Waals surface area contributed by atoms with Crippen LogP contribution in [-0.2, 0) is 22.4 Å². The number of carbonyl (C=O) groups excluding carboxylic acids is 1. The maximum absolute atomic E-state index is 12.6. The van der Waals surface area contributed by atoms with Crippen LogP contribution >= 0.6 is 0 Å². The van der Waals surface area contributed by atoms with Gasteiger partial charge in [0.15, 0.2) is 11.5 Å². The summed E-state index contributed by atoms with van der Waals surface area (Å²) in [5, 5.41) is 2.93. The topological polar surface area (TPSA) is 56.8 Å². The van der Waals surface area contributed by atoms with E-state index in [2.05, 4.69) is 17.2 Å². The molecule has 0 spiro atoms. The average Bonchev–Trinajstić information content (AvgIpc) is 2.76. The Balaban J connectivity index is 1.93. The molecule has 0 aliphatic carbocycles. The van der Waals surface area contributed by atoms with Gasteiger partial charge in [-0.25, -0.2) is 0 Å². The van der Waals surface area contributed by atoms with Gasteiger partial charge in [-0.3, -0.25) is 4.79 Å². The zero-order valence-electron chi connectivity index (χ0n) is 17.4. The summed E-state index contributed by atoms with van der Waals surface area (Å²) in [7, 11) is 1.57. The highest BCUT2D eigenvalue weighted by Crippen LogP contribution is 2.28. The number of nitrogens with one attached hydrogen (secondary N) is 1. The highest BCUT2D eigenvalue weighted by Gasteiger charge is 2.19. The molecule has 5 nitrogen and oxygen atoms in total. The number of methoxy groups -OCH3 is 1. The van der Waals surface area contributed by atoms with E-state index in [0.717, 1.165) is 16.7 Å². The lowest BCUT2D eigenvalue weighted by atomic mass is 10.1. The van der Waals surface area contributed by atoms with E-state index in [-0.39, 0.29) is 19.1 Å². The second kappa shape index (κ2) is 12.2. The zero-order chi connectivity index (χ0) is 21.8. The van der Waals surface area contributed by atoms with Crippen molar-refractivity contribution < 1.29 is 19.0 Å². The summed E-state index contributed by atoms with van der Waals surface area (Å²) in [5.74, 6) is 5.85. The van der Waals surface area contributed by atoms with Crippen molar-refractivity contribution in [3.63, 3.8) is 0 Å². The Bertz CT molecular complexity index is 906. The Morgan fingerprint density at radius 3 is 2.40 bits per heavy atom. The van der Waals surface area contributed by atoms with Crippen LogP contribution in [0.2, 0.25) is 0 Å². The summed E-state index contributed by atoms with van der Waals surface area (Å²) in [5.41, 5.74) is 3.18. The van der Waals surface area contributed by atoms with Crippen molar-refractivity contribution in [3.8, 4) is 36.2 Å². The van der Waals surface area contributed by atoms with Gasteiger partial charge in [0.25, 0.3) is 0 Å². The minimum absolute atomic E-state index is 0.0836. The standard InChI is InChI=1S/C25H27NO4/c1-5-15-29-22-12-11-21(17-23(22)28-4)13-14-26-25(27)24(30-16-6-2)18-20-9-7-19(3)8-10-20/h1-2,7-12,17,24H,13-16,18H2,3-4H3,(H,26,27)/t24-/m0/s1. The minimum Gasteiger partial charge on any atom is -0.493 e. The molecule has 0 radical (unpaired) electrons. The van der Waals surface area contributed by atoms with Crippen LogP contribution in [-0.4, -0.2) is 38.9 Å². The molecule has 2 aromatic rings. The van der Waals surface area contributed by atoms with E-state index in [9.17, 15) is 4.79 Å². The third-order valence-electron chi connectivity index (χ3n) is 4.45. The van der Waals surface area contributed by atoms with Gasteiger partial charge in [-0.2, -0.15) is 0 Å². The van der Waals surface area contributed by atoms with Crippen LogP contribution in [0.25, 0.3) is 0 Å². The van der Waals surface area contributed by atoms with E-state index in [4.69, 9.17) is 27.1 Å². The number of hydrogen-bond acceptors (Lipinski definition) is 4. The third kappa shape index (κ3) is 7.20. The van der Waals surface area contributed by atoms with E-state index in [0.29, 0.717) is 30.9 Å². The van der Waals surface area contributed by atoms with Gasteiger partial charge < -0.3 is 19.5 Å². The Labute approximate surface area is 178 Å². The van der Waals surface area contributed by atoms with Gasteiger partial charge in [-0.1, -0.05) is 47.7 Å². The summed E-state index contributed by atoms with van der Waals surface area (Å²) in [6.07, 6.45) is 11.0. The van der Waals surface area contributed by atoms with E-state index in [1.807, 2.05) is 49.4 Å². The van der Waals surface area contributed by atoms with Crippen LogP contribution in [0.4, 0.5) is 0 Å². The van der Waals surface area contributed by atoms with Crippen LogP contribution in [0.5, 0.6) is 11.5 Å². The van der Waals surface area contributed by atoms with E-state index >= 15 is 0 Å². The zero-order valence-corrected chi connectivity index (χ0v) is 17.4. The lowest BCUT2D eigenvalue weighted by Gasteiger charge is -2.17. The summed E-state index contributed by atoms with van der Waals surface area (Å²) in [6.45, 7) is 2.73. The molecular formula is C25H27NO4. The van der Waals surface area contributed by atoms with Crippen molar-refractivity contribution in [1.29, 1.82) is 0 Å². The SMILES string of the molecule is C#CCOc1ccc(CCNC(=O)[C@H](Cc2ccc(C)cc2)OCC#C)cc1OC. The summed E-state index contributed by atoms with van der Waals surface area (Å²) < 4.78 is 16.4. The third-order valence-corrected chi connectivity index (χ3v) is 4.45. The molecule has 1 N–H and O–H groups in total. The lowest BCUT2D eigenvalue weighted by Crippen LogP contribution is -2.39. The average molecular weight is 405 g/mol. The molecule has 5 heteroatoms. The predicted octanol–water partition coefficient (Wildman–Crippen LogP) is 2.94. The van der Waals surface area contributed by atoms with Crippen molar-refractivity contribution in [2.75, 3.05) is 26.9 Å². The monoisotopic (exact) mass is 405 g/mol. The first-order chi connectivity index (χ1) is 14.6. The number of benzene rings is 2. The van der Waals surface area contributed by atoms with Crippen LogP contribution < -0.4 is 14.8 Å². The molecule has 0 saturated carbocycles. The molecule has 156 valence electrons. The molecule has 2 rings (SSSR count). The summed E-state index contributed by atoms with van der Waals surface area (Å²) in [4.78, 5) is 12.6. The van der Waals surface area contributed by atoms with Crippen LogP contribution in [0, 0.1) is 31.6 Å². The first-order valence-electron chi connectivity index (χ1n) is 9.69. The number of ether oxygens (including phenoxy) is 3. The van der Waals surface area contributed by atoms with Crippen molar-refractivity contribution >= 4 is 5.91 Å². The smallest absolute Gasteiger partial charge is 0.249 e. The number of carbonyl (C=O) groups is 1. The molecule has 0 aliphatic heterocycles. The van der Waals surface area contributed by atoms with Gasteiger partial charge in [-0.15, -0.1) is 12.8 Å². The van der Waals surface area contributed by atoms with Gasteiger partial charge in [0.05, 0.1) is 7.11 Å². The van der Waals surface area contributed by atoms with Crippen molar-refractivity contribution in [2.24, 2.45) is 0 Å². The fourth-order valence-corrected chi connectivity index (χ4v) is 2.86. The molecule has 0 aliphatic rings. The van der Waals surface area contributed by atoms with Gasteiger partial charge in [0, 0.05) is 13.0 Å². The summed E-state index contributed by atoms with van der Waals surface area (Å²) >= 11 is 0. The Kier molecular flexibility index (Phi) is 9.31. The fourth-order valence-electron chi connectivity index (χ4n) is 2.86. The van der Waals surface area contributed by atoms with Crippen LogP contribution in [0.15, 0.2) is 42.5 Å². The molecule has 0 heterocycles. The molecule has 0 fully saturated rings. The molecule has 2 aromatic carbocycles.